The van der Waals surface area contributed by atoms with Crippen LogP contribution in [0.1, 0.15) is 18.1 Å². The van der Waals surface area contributed by atoms with Gasteiger partial charge in [0.15, 0.2) is 11.5 Å². The van der Waals surface area contributed by atoms with E-state index in [1.54, 1.807) is 6.92 Å². The van der Waals surface area contributed by atoms with Gasteiger partial charge in [-0.15, -0.1) is 0 Å². The summed E-state index contributed by atoms with van der Waals surface area (Å²) >= 11 is 0. The number of aryl methyl sites for hydroxylation is 1. The minimum Gasteiger partial charge on any atom is -0.493 e. The Labute approximate surface area is 204 Å². The van der Waals surface area contributed by atoms with Gasteiger partial charge >= 0.3 is 0 Å². The van der Waals surface area contributed by atoms with E-state index in [-0.39, 0.29) is 16.3 Å². The van der Waals surface area contributed by atoms with Crippen LogP contribution in [0.2, 0.25) is 0 Å². The smallest absolute Gasteiger partial charge is 0.264 e. The van der Waals surface area contributed by atoms with E-state index in [0.29, 0.717) is 11.5 Å². The van der Waals surface area contributed by atoms with Crippen LogP contribution in [0, 0.1) is 12.7 Å². The zero-order chi connectivity index (χ0) is 25.6. The van der Waals surface area contributed by atoms with Crippen LogP contribution < -0.4 is 19.2 Å². The molecule has 10 heteroatoms. The molecule has 0 atom stereocenters. The molecule has 0 fully saturated rings. The summed E-state index contributed by atoms with van der Waals surface area (Å²) in [5.74, 6) is -0.668. The van der Waals surface area contributed by atoms with Crippen LogP contribution >= 0.6 is 0 Å². The maximum atomic E-state index is 13.5. The zero-order valence-corrected chi connectivity index (χ0v) is 20.6. The van der Waals surface area contributed by atoms with E-state index in [1.807, 2.05) is 31.2 Å². The molecule has 0 bridgehead atoms. The Morgan fingerprint density at radius 3 is 2.20 bits per heavy atom. The van der Waals surface area contributed by atoms with Crippen molar-refractivity contribution in [3.05, 3.63) is 83.7 Å². The van der Waals surface area contributed by atoms with Gasteiger partial charge in [0.25, 0.3) is 15.9 Å². The van der Waals surface area contributed by atoms with Crippen molar-refractivity contribution in [2.45, 2.75) is 18.7 Å². The number of hydrazone groups is 1. The van der Waals surface area contributed by atoms with Crippen LogP contribution in [0.15, 0.2) is 76.7 Å². The molecule has 1 amide bonds. The molecule has 0 aromatic heterocycles. The fourth-order valence-corrected chi connectivity index (χ4v) is 4.63. The standard InChI is InChI=1S/C25H26FN3O5S/c1-17-5-7-19(8-6-17)18(2)27-28-25(30)16-29(21-11-9-20(26)10-12-21)35(31,32)22-13-14-23(33-3)24(15-22)34-4/h5-15H,16H2,1-4H3,(H,28,30)/b27-18-. The largest absolute Gasteiger partial charge is 0.493 e. The number of halogens is 1. The summed E-state index contributed by atoms with van der Waals surface area (Å²) in [6.45, 7) is 3.09. The van der Waals surface area contributed by atoms with Crippen LogP contribution in [0.5, 0.6) is 11.5 Å². The van der Waals surface area contributed by atoms with Crippen molar-refractivity contribution >= 4 is 27.3 Å². The highest BCUT2D eigenvalue weighted by atomic mass is 32.2. The number of hydrogen-bond acceptors (Lipinski definition) is 6. The second kappa shape index (κ2) is 11.0. The highest BCUT2D eigenvalue weighted by Crippen LogP contribution is 2.32. The van der Waals surface area contributed by atoms with Gasteiger partial charge in [-0.25, -0.2) is 18.2 Å². The number of hydrogen-bond donors (Lipinski definition) is 1. The molecule has 0 saturated carbocycles. The van der Waals surface area contributed by atoms with Crippen LogP contribution in [0.4, 0.5) is 10.1 Å². The number of ether oxygens (including phenoxy) is 2. The Balaban J connectivity index is 1.91. The summed E-state index contributed by atoms with van der Waals surface area (Å²) in [7, 11) is -1.44. The second-order valence-corrected chi connectivity index (χ2v) is 9.47. The van der Waals surface area contributed by atoms with E-state index in [9.17, 15) is 17.6 Å². The summed E-state index contributed by atoms with van der Waals surface area (Å²) in [6, 6.07) is 16.4. The monoisotopic (exact) mass is 499 g/mol. The van der Waals surface area contributed by atoms with Crippen molar-refractivity contribution in [2.75, 3.05) is 25.1 Å². The molecule has 3 aromatic carbocycles. The van der Waals surface area contributed by atoms with Crippen molar-refractivity contribution < 1.29 is 27.1 Å². The highest BCUT2D eigenvalue weighted by Gasteiger charge is 2.28. The Bertz CT molecular complexity index is 1320. The summed E-state index contributed by atoms with van der Waals surface area (Å²) < 4.78 is 51.8. The predicted octanol–water partition coefficient (Wildman–Crippen LogP) is 3.89. The first kappa shape index (κ1) is 25.7. The molecule has 184 valence electrons. The van der Waals surface area contributed by atoms with Crippen molar-refractivity contribution in [1.82, 2.24) is 5.43 Å². The number of methoxy groups -OCH3 is 2. The molecule has 0 heterocycles. The number of amides is 1. The molecule has 0 aliphatic rings. The number of benzene rings is 3. The van der Waals surface area contributed by atoms with Gasteiger partial charge in [0.1, 0.15) is 12.4 Å². The summed E-state index contributed by atoms with van der Waals surface area (Å²) in [4.78, 5) is 12.6. The lowest BCUT2D eigenvalue weighted by Crippen LogP contribution is -2.39. The maximum Gasteiger partial charge on any atom is 0.264 e. The number of carbonyl (C=O) groups is 1. The fraction of sp³-hybridized carbons (Fsp3) is 0.200. The summed E-state index contributed by atoms with van der Waals surface area (Å²) in [6.07, 6.45) is 0. The topological polar surface area (TPSA) is 97.3 Å². The Morgan fingerprint density at radius 1 is 0.971 bits per heavy atom. The molecule has 0 spiro atoms. The molecule has 3 aromatic rings. The second-order valence-electron chi connectivity index (χ2n) is 7.60. The lowest BCUT2D eigenvalue weighted by molar-refractivity contribution is -0.119. The van der Waals surface area contributed by atoms with Gasteiger partial charge in [0.05, 0.1) is 30.5 Å². The van der Waals surface area contributed by atoms with Crippen LogP contribution in [-0.4, -0.2) is 40.8 Å². The molecule has 0 saturated heterocycles. The third kappa shape index (κ3) is 6.15. The van der Waals surface area contributed by atoms with E-state index < -0.39 is 28.3 Å². The highest BCUT2D eigenvalue weighted by molar-refractivity contribution is 7.92. The van der Waals surface area contributed by atoms with Gasteiger partial charge in [-0.1, -0.05) is 29.8 Å². The lowest BCUT2D eigenvalue weighted by atomic mass is 10.1. The van der Waals surface area contributed by atoms with E-state index in [4.69, 9.17) is 9.47 Å². The fourth-order valence-electron chi connectivity index (χ4n) is 3.20. The molecular formula is C25H26FN3O5S. The number of nitrogens with one attached hydrogen (secondary N) is 1. The third-order valence-corrected chi connectivity index (χ3v) is 6.93. The predicted molar refractivity (Wildman–Crippen MR) is 132 cm³/mol. The minimum atomic E-state index is -4.25. The van der Waals surface area contributed by atoms with Gasteiger partial charge in [-0.05, 0) is 55.8 Å². The van der Waals surface area contributed by atoms with Crippen LogP contribution in [0.25, 0.3) is 0 Å². The molecule has 8 nitrogen and oxygen atoms in total. The molecule has 0 aliphatic heterocycles. The van der Waals surface area contributed by atoms with E-state index >= 15 is 0 Å². The number of sulfonamides is 1. The van der Waals surface area contributed by atoms with Crippen LogP contribution in [-0.2, 0) is 14.8 Å². The zero-order valence-electron chi connectivity index (χ0n) is 19.8. The number of anilines is 1. The first-order valence-electron chi connectivity index (χ1n) is 10.6. The summed E-state index contributed by atoms with van der Waals surface area (Å²) in [5, 5.41) is 4.09. The molecule has 0 unspecified atom stereocenters. The summed E-state index contributed by atoms with van der Waals surface area (Å²) in [5.41, 5.74) is 4.95. The van der Waals surface area contributed by atoms with Crippen molar-refractivity contribution in [3.63, 3.8) is 0 Å². The van der Waals surface area contributed by atoms with Crippen molar-refractivity contribution in [2.24, 2.45) is 5.10 Å². The van der Waals surface area contributed by atoms with Gasteiger partial charge in [-0.2, -0.15) is 5.10 Å². The lowest BCUT2D eigenvalue weighted by Gasteiger charge is -2.24. The minimum absolute atomic E-state index is 0.107. The van der Waals surface area contributed by atoms with Crippen LogP contribution in [0.3, 0.4) is 0 Å². The van der Waals surface area contributed by atoms with E-state index in [0.717, 1.165) is 27.6 Å². The Morgan fingerprint density at radius 2 is 1.60 bits per heavy atom. The first-order chi connectivity index (χ1) is 16.6. The average molecular weight is 500 g/mol. The normalized spacial score (nSPS) is 11.6. The number of rotatable bonds is 9. The SMILES string of the molecule is COc1ccc(S(=O)(=O)N(CC(=O)N/N=C(/C)c2ccc(C)cc2)c2ccc(F)cc2)cc1OC. The Hall–Kier alpha value is -3.92. The quantitative estimate of drug-likeness (QED) is 0.356. The number of nitrogens with zero attached hydrogens (tertiary/aromatic N) is 2. The van der Waals surface area contributed by atoms with Gasteiger partial charge in [0.2, 0.25) is 0 Å². The molecule has 0 aliphatic carbocycles. The van der Waals surface area contributed by atoms with Gasteiger partial charge in [-0.3, -0.25) is 9.10 Å². The molecule has 1 N–H and O–H groups in total. The average Bonchev–Trinajstić information content (AvgIpc) is 2.86. The van der Waals surface area contributed by atoms with E-state index in [2.05, 4.69) is 10.5 Å². The van der Waals surface area contributed by atoms with Crippen molar-refractivity contribution in [1.29, 1.82) is 0 Å². The molecule has 35 heavy (non-hydrogen) atoms. The molecule has 3 rings (SSSR count). The number of carbonyl (C=O) groups excluding carboxylic acids is 1. The van der Waals surface area contributed by atoms with E-state index in [1.165, 1.54) is 44.6 Å². The maximum absolute atomic E-state index is 13.5. The van der Waals surface area contributed by atoms with Crippen molar-refractivity contribution in [3.8, 4) is 11.5 Å². The van der Waals surface area contributed by atoms with Gasteiger partial charge < -0.3 is 9.47 Å². The van der Waals surface area contributed by atoms with Gasteiger partial charge in [0, 0.05) is 6.07 Å². The first-order valence-corrected chi connectivity index (χ1v) is 12.0. The third-order valence-electron chi connectivity index (χ3n) is 5.16. The molecule has 0 radical (unpaired) electrons. The Kier molecular flexibility index (Phi) is 8.08. The molecular weight excluding hydrogens is 473 g/mol.